The summed E-state index contributed by atoms with van der Waals surface area (Å²) in [6.45, 7) is 2.21. The van der Waals surface area contributed by atoms with Crippen molar-refractivity contribution in [2.75, 3.05) is 0 Å². The molecular weight excluding hydrogens is 238 g/mol. The van der Waals surface area contributed by atoms with E-state index in [-0.39, 0.29) is 12.6 Å². The molecule has 0 N–H and O–H groups in total. The molecule has 1 aromatic heterocycles. The lowest BCUT2D eigenvalue weighted by atomic mass is 10.2. The Labute approximate surface area is 112 Å². The average molecular weight is 253 g/mol. The van der Waals surface area contributed by atoms with Crippen LogP contribution in [0.1, 0.15) is 16.8 Å². The highest BCUT2D eigenvalue weighted by atomic mass is 16.5. The number of rotatable bonds is 4. The van der Waals surface area contributed by atoms with E-state index in [4.69, 9.17) is 4.74 Å². The van der Waals surface area contributed by atoms with E-state index in [0.717, 1.165) is 16.8 Å². The molecule has 3 nitrogen and oxygen atoms in total. The van der Waals surface area contributed by atoms with Crippen molar-refractivity contribution in [2.45, 2.75) is 13.5 Å². The van der Waals surface area contributed by atoms with Crippen molar-refractivity contribution in [2.24, 2.45) is 0 Å². The number of aromatic nitrogens is 1. The Morgan fingerprint density at radius 2 is 2.00 bits per heavy atom. The Kier molecular flexibility index (Phi) is 4.45. The zero-order chi connectivity index (χ0) is 13.5. The van der Waals surface area contributed by atoms with Crippen LogP contribution in [0.2, 0.25) is 0 Å². The molecule has 0 radical (unpaired) electrons. The van der Waals surface area contributed by atoms with Gasteiger partial charge in [-0.3, -0.25) is 4.98 Å². The van der Waals surface area contributed by atoms with Gasteiger partial charge in [-0.15, -0.1) is 0 Å². The number of carbonyl (C=O) groups excluding carboxylic acids is 1. The van der Waals surface area contributed by atoms with Gasteiger partial charge in [-0.1, -0.05) is 36.4 Å². The number of aryl methyl sites for hydroxylation is 1. The molecule has 96 valence electrons. The number of carbonyl (C=O) groups is 1. The topological polar surface area (TPSA) is 39.2 Å². The van der Waals surface area contributed by atoms with E-state index in [2.05, 4.69) is 4.98 Å². The van der Waals surface area contributed by atoms with E-state index in [1.54, 1.807) is 12.3 Å². The van der Waals surface area contributed by atoms with E-state index in [1.807, 2.05) is 49.4 Å². The molecule has 0 spiro atoms. The van der Waals surface area contributed by atoms with Crippen LogP contribution < -0.4 is 0 Å². The van der Waals surface area contributed by atoms with Crippen LogP contribution in [0.5, 0.6) is 0 Å². The quantitative estimate of drug-likeness (QED) is 0.620. The molecule has 0 amide bonds. The Hall–Kier alpha value is -2.42. The molecule has 2 rings (SSSR count). The minimum absolute atomic E-state index is 0.288. The minimum Gasteiger partial charge on any atom is -0.458 e. The largest absolute Gasteiger partial charge is 0.458 e. The summed E-state index contributed by atoms with van der Waals surface area (Å²) in [6.07, 6.45) is 4.82. The summed E-state index contributed by atoms with van der Waals surface area (Å²) in [5.41, 5.74) is 2.80. The lowest BCUT2D eigenvalue weighted by Gasteiger charge is -2.01. The molecule has 0 aliphatic heterocycles. The van der Waals surface area contributed by atoms with Gasteiger partial charge in [-0.2, -0.15) is 0 Å². The predicted octanol–water partition coefficient (Wildman–Crippen LogP) is 3.15. The van der Waals surface area contributed by atoms with Gasteiger partial charge in [0.15, 0.2) is 0 Å². The first kappa shape index (κ1) is 13.0. The monoisotopic (exact) mass is 253 g/mol. The van der Waals surface area contributed by atoms with Crippen LogP contribution in [-0.4, -0.2) is 11.0 Å². The standard InChI is InChI=1S/C16H15NO2/c1-13-7-8-14(11-17-13)9-10-16(18)19-12-15-5-3-2-4-6-15/h2-11H,12H2,1H3/b10-9+. The molecule has 0 unspecified atom stereocenters. The van der Waals surface area contributed by atoms with Crippen LogP contribution in [0.4, 0.5) is 0 Å². The average Bonchev–Trinajstić information content (AvgIpc) is 2.45. The Morgan fingerprint density at radius 3 is 2.68 bits per heavy atom. The Balaban J connectivity index is 1.86. The van der Waals surface area contributed by atoms with Crippen LogP contribution in [0.25, 0.3) is 6.08 Å². The van der Waals surface area contributed by atoms with E-state index in [0.29, 0.717) is 0 Å². The molecule has 0 fully saturated rings. The van der Waals surface area contributed by atoms with Crippen LogP contribution in [0, 0.1) is 6.92 Å². The fourth-order valence-corrected chi connectivity index (χ4v) is 1.52. The molecule has 2 aromatic rings. The third kappa shape index (κ3) is 4.39. The molecule has 0 aliphatic rings. The summed E-state index contributed by atoms with van der Waals surface area (Å²) >= 11 is 0. The number of ether oxygens (including phenoxy) is 1. The first-order chi connectivity index (χ1) is 9.24. The van der Waals surface area contributed by atoms with Gasteiger partial charge in [0.05, 0.1) is 0 Å². The third-order valence-corrected chi connectivity index (χ3v) is 2.57. The van der Waals surface area contributed by atoms with Gasteiger partial charge in [0.25, 0.3) is 0 Å². The van der Waals surface area contributed by atoms with Gasteiger partial charge in [0.1, 0.15) is 6.61 Å². The van der Waals surface area contributed by atoms with Crippen molar-refractivity contribution in [3.05, 3.63) is 71.6 Å². The second-order valence-corrected chi connectivity index (χ2v) is 4.16. The molecule has 0 atom stereocenters. The van der Waals surface area contributed by atoms with Crippen molar-refractivity contribution >= 4 is 12.0 Å². The van der Waals surface area contributed by atoms with Gasteiger partial charge < -0.3 is 4.74 Å². The third-order valence-electron chi connectivity index (χ3n) is 2.57. The van der Waals surface area contributed by atoms with E-state index < -0.39 is 0 Å². The number of esters is 1. The molecular formula is C16H15NO2. The van der Waals surface area contributed by atoms with Gasteiger partial charge in [-0.25, -0.2) is 4.79 Å². The smallest absolute Gasteiger partial charge is 0.331 e. The Bertz CT molecular complexity index is 559. The normalized spacial score (nSPS) is 10.6. The van der Waals surface area contributed by atoms with Gasteiger partial charge in [-0.05, 0) is 30.2 Å². The number of hydrogen-bond donors (Lipinski definition) is 0. The van der Waals surface area contributed by atoms with Gasteiger partial charge >= 0.3 is 5.97 Å². The van der Waals surface area contributed by atoms with E-state index >= 15 is 0 Å². The minimum atomic E-state index is -0.357. The van der Waals surface area contributed by atoms with Crippen molar-refractivity contribution in [1.82, 2.24) is 4.98 Å². The Morgan fingerprint density at radius 1 is 1.21 bits per heavy atom. The van der Waals surface area contributed by atoms with E-state index in [9.17, 15) is 4.79 Å². The summed E-state index contributed by atoms with van der Waals surface area (Å²) in [5, 5.41) is 0. The number of hydrogen-bond acceptors (Lipinski definition) is 3. The summed E-state index contributed by atoms with van der Waals surface area (Å²) in [7, 11) is 0. The molecule has 3 heteroatoms. The maximum Gasteiger partial charge on any atom is 0.331 e. The van der Waals surface area contributed by atoms with Crippen molar-refractivity contribution in [3.63, 3.8) is 0 Å². The maximum atomic E-state index is 11.5. The fourth-order valence-electron chi connectivity index (χ4n) is 1.52. The lowest BCUT2D eigenvalue weighted by molar-refractivity contribution is -0.138. The lowest BCUT2D eigenvalue weighted by Crippen LogP contribution is -2.00. The highest BCUT2D eigenvalue weighted by molar-refractivity contribution is 5.86. The first-order valence-corrected chi connectivity index (χ1v) is 6.05. The first-order valence-electron chi connectivity index (χ1n) is 6.05. The molecule has 0 bridgehead atoms. The van der Waals surface area contributed by atoms with E-state index in [1.165, 1.54) is 6.08 Å². The van der Waals surface area contributed by atoms with Gasteiger partial charge in [0.2, 0.25) is 0 Å². The molecule has 0 saturated heterocycles. The molecule has 0 saturated carbocycles. The van der Waals surface area contributed by atoms with Crippen molar-refractivity contribution in [1.29, 1.82) is 0 Å². The zero-order valence-corrected chi connectivity index (χ0v) is 10.7. The molecule has 0 aliphatic carbocycles. The van der Waals surface area contributed by atoms with Crippen molar-refractivity contribution in [3.8, 4) is 0 Å². The number of benzene rings is 1. The highest BCUT2D eigenvalue weighted by Crippen LogP contribution is 2.04. The zero-order valence-electron chi connectivity index (χ0n) is 10.7. The number of nitrogens with zero attached hydrogens (tertiary/aromatic N) is 1. The highest BCUT2D eigenvalue weighted by Gasteiger charge is 1.98. The number of pyridine rings is 1. The van der Waals surface area contributed by atoms with Crippen LogP contribution in [0.15, 0.2) is 54.7 Å². The summed E-state index contributed by atoms with van der Waals surface area (Å²) in [6, 6.07) is 13.4. The van der Waals surface area contributed by atoms with Crippen LogP contribution in [0.3, 0.4) is 0 Å². The van der Waals surface area contributed by atoms with Crippen LogP contribution in [-0.2, 0) is 16.1 Å². The van der Waals surface area contributed by atoms with Crippen molar-refractivity contribution < 1.29 is 9.53 Å². The SMILES string of the molecule is Cc1ccc(/C=C/C(=O)OCc2ccccc2)cn1. The second kappa shape index (κ2) is 6.50. The second-order valence-electron chi connectivity index (χ2n) is 4.16. The summed E-state index contributed by atoms with van der Waals surface area (Å²) in [4.78, 5) is 15.7. The van der Waals surface area contributed by atoms with Crippen LogP contribution >= 0.6 is 0 Å². The fraction of sp³-hybridized carbons (Fsp3) is 0.125. The van der Waals surface area contributed by atoms with Gasteiger partial charge in [0, 0.05) is 18.0 Å². The predicted molar refractivity (Wildman–Crippen MR) is 74.2 cm³/mol. The summed E-state index contributed by atoms with van der Waals surface area (Å²) < 4.78 is 5.13. The molecule has 1 heterocycles. The summed E-state index contributed by atoms with van der Waals surface area (Å²) in [5.74, 6) is -0.357. The molecule has 19 heavy (non-hydrogen) atoms. The maximum absolute atomic E-state index is 11.5. The molecule has 1 aromatic carbocycles.